The molecule has 1 aliphatic rings. The Bertz CT molecular complexity index is 1600. The highest BCUT2D eigenvalue weighted by molar-refractivity contribution is 7.98. The van der Waals surface area contributed by atoms with Crippen LogP contribution in [0.5, 0.6) is 5.75 Å². The Morgan fingerprint density at radius 1 is 1.17 bits per heavy atom. The molecule has 0 aliphatic carbocycles. The van der Waals surface area contributed by atoms with Crippen molar-refractivity contribution in [3.63, 3.8) is 0 Å². The molecule has 0 spiro atoms. The number of ether oxygens (including phenoxy) is 2. The number of aromatic nitrogens is 3. The molecule has 0 radical (unpaired) electrons. The predicted molar refractivity (Wildman–Crippen MR) is 169 cm³/mol. The number of thiazole rings is 1. The first kappa shape index (κ1) is 29.5. The van der Waals surface area contributed by atoms with Crippen LogP contribution in [0.25, 0.3) is 10.3 Å². The number of benzene rings is 2. The Labute approximate surface area is 254 Å². The number of allylic oxidation sites excluding steroid dienone is 4. The maximum absolute atomic E-state index is 13.2. The fourth-order valence-electron chi connectivity index (χ4n) is 4.59. The molecule has 4 aromatic rings. The van der Waals surface area contributed by atoms with Crippen LogP contribution in [-0.2, 0) is 28.4 Å². The van der Waals surface area contributed by atoms with E-state index in [0.717, 1.165) is 33.0 Å². The summed E-state index contributed by atoms with van der Waals surface area (Å²) in [5, 5.41) is 1.36. The molecule has 0 amide bonds. The Morgan fingerprint density at radius 2 is 2.00 bits per heavy atom. The smallest absolute Gasteiger partial charge is 0.329 e. The van der Waals surface area contributed by atoms with E-state index in [1.54, 1.807) is 6.08 Å². The number of thioether (sulfide) groups is 1. The zero-order valence-corrected chi connectivity index (χ0v) is 25.1. The largest absolute Gasteiger partial charge is 0.459 e. The normalized spacial score (nSPS) is 15.4. The average molecular weight is 600 g/mol. The minimum Gasteiger partial charge on any atom is -0.459 e. The summed E-state index contributed by atoms with van der Waals surface area (Å²) in [4.78, 5) is 29.6. The topological polar surface area (TPSA) is 103 Å². The summed E-state index contributed by atoms with van der Waals surface area (Å²) < 4.78 is 12.5. The van der Waals surface area contributed by atoms with Gasteiger partial charge in [-0.1, -0.05) is 73.0 Å². The number of rotatable bonds is 12. The van der Waals surface area contributed by atoms with Gasteiger partial charge in [0.2, 0.25) is 0 Å². The highest BCUT2D eigenvalue weighted by Crippen LogP contribution is 2.36. The number of esters is 1. The van der Waals surface area contributed by atoms with Gasteiger partial charge < -0.3 is 20.1 Å². The minimum atomic E-state index is -0.420. The van der Waals surface area contributed by atoms with Gasteiger partial charge in [0, 0.05) is 18.8 Å². The number of hydrogen-bond donors (Lipinski definition) is 1. The molecule has 1 unspecified atom stereocenters. The molecule has 2 aromatic heterocycles. The van der Waals surface area contributed by atoms with E-state index in [1.807, 2.05) is 84.6 Å². The number of hydrogen-bond acceptors (Lipinski definition) is 10. The van der Waals surface area contributed by atoms with Gasteiger partial charge in [0.15, 0.2) is 16.6 Å². The van der Waals surface area contributed by atoms with Crippen molar-refractivity contribution < 1.29 is 14.3 Å². The van der Waals surface area contributed by atoms with E-state index in [0.29, 0.717) is 47.6 Å². The fraction of sp³-hybridized carbons (Fsp3) is 0.250. The monoisotopic (exact) mass is 599 g/mol. The molecule has 2 aromatic carbocycles. The maximum Gasteiger partial charge on any atom is 0.329 e. The third-order valence-electron chi connectivity index (χ3n) is 6.61. The zero-order chi connectivity index (χ0) is 29.3. The summed E-state index contributed by atoms with van der Waals surface area (Å²) in [6.07, 6.45) is 8.95. The summed E-state index contributed by atoms with van der Waals surface area (Å²) in [5.41, 5.74) is 8.54. The van der Waals surface area contributed by atoms with Gasteiger partial charge in [-0.05, 0) is 55.2 Å². The average Bonchev–Trinajstić information content (AvgIpc) is 3.69. The molecule has 1 saturated heterocycles. The van der Waals surface area contributed by atoms with Crippen molar-refractivity contribution in [1.82, 2.24) is 15.0 Å². The van der Waals surface area contributed by atoms with Crippen molar-refractivity contribution in [3.8, 4) is 5.75 Å². The number of carbonyl (C=O) groups excluding carboxylic acids is 1. The van der Waals surface area contributed by atoms with Gasteiger partial charge in [-0.15, -0.1) is 11.3 Å². The highest BCUT2D eigenvalue weighted by atomic mass is 32.2. The fourth-order valence-corrected chi connectivity index (χ4v) is 6.25. The third kappa shape index (κ3) is 7.25. The summed E-state index contributed by atoms with van der Waals surface area (Å²) in [7, 11) is 0. The van der Waals surface area contributed by atoms with Crippen molar-refractivity contribution in [3.05, 3.63) is 107 Å². The van der Waals surface area contributed by atoms with Crippen molar-refractivity contribution in [2.75, 3.05) is 11.4 Å². The number of nitrogens with two attached hydrogens (primary N) is 1. The van der Waals surface area contributed by atoms with Gasteiger partial charge in [0.1, 0.15) is 33.9 Å². The maximum atomic E-state index is 13.2. The molecule has 10 heteroatoms. The number of carbonyl (C=O) groups is 1. The zero-order valence-electron chi connectivity index (χ0n) is 23.4. The molecule has 0 saturated carbocycles. The molecular formula is C32H33N5O3S2. The highest BCUT2D eigenvalue weighted by Gasteiger charge is 2.35. The van der Waals surface area contributed by atoms with Gasteiger partial charge in [-0.3, -0.25) is 0 Å². The first-order valence-corrected chi connectivity index (χ1v) is 15.6. The lowest BCUT2D eigenvalue weighted by molar-refractivity contribution is -0.146. The van der Waals surface area contributed by atoms with E-state index in [-0.39, 0.29) is 12.6 Å². The molecule has 1 atom stereocenters. The van der Waals surface area contributed by atoms with Gasteiger partial charge in [-0.2, -0.15) is 0 Å². The van der Waals surface area contributed by atoms with Crippen LogP contribution < -0.4 is 15.4 Å². The van der Waals surface area contributed by atoms with Crippen LogP contribution in [0.15, 0.2) is 96.4 Å². The number of anilines is 1. The standard InChI is InChI=1S/C32H33N5O3S2/c1-3-5-14-24(4-2)40-25-15-9-13-23(18-25)21-41-32-35-29-28(42-27(19-33)34-29)30(36-32)37-17-10-16-26(37)31(38)39-20-22-11-7-6-8-12-22/h3-9,11-15,18,26H,2,10,16-17,19-21,33H2,1H3/b5-3-,24-14+. The number of fused-ring (bicyclic) bond motifs is 1. The summed E-state index contributed by atoms with van der Waals surface area (Å²) in [6, 6.07) is 17.2. The molecular weight excluding hydrogens is 567 g/mol. The minimum absolute atomic E-state index is 0.240. The van der Waals surface area contributed by atoms with E-state index in [4.69, 9.17) is 25.2 Å². The predicted octanol–water partition coefficient (Wildman–Crippen LogP) is 6.57. The van der Waals surface area contributed by atoms with Crippen molar-refractivity contribution in [1.29, 1.82) is 0 Å². The van der Waals surface area contributed by atoms with Crippen molar-refractivity contribution >= 4 is 45.2 Å². The van der Waals surface area contributed by atoms with Gasteiger partial charge >= 0.3 is 5.97 Å². The summed E-state index contributed by atoms with van der Waals surface area (Å²) >= 11 is 2.98. The second-order valence-electron chi connectivity index (χ2n) is 9.58. The Kier molecular flexibility index (Phi) is 10.0. The van der Waals surface area contributed by atoms with Crippen LogP contribution in [0.2, 0.25) is 0 Å². The van der Waals surface area contributed by atoms with Gasteiger partial charge in [-0.25, -0.2) is 19.7 Å². The molecule has 1 aliphatic heterocycles. The van der Waals surface area contributed by atoms with E-state index >= 15 is 0 Å². The van der Waals surface area contributed by atoms with Crippen LogP contribution >= 0.6 is 23.1 Å². The van der Waals surface area contributed by atoms with E-state index in [2.05, 4.69) is 11.6 Å². The van der Waals surface area contributed by atoms with Crippen molar-refractivity contribution in [2.45, 2.75) is 49.9 Å². The molecule has 0 bridgehead atoms. The first-order valence-electron chi connectivity index (χ1n) is 13.8. The number of nitrogens with zero attached hydrogens (tertiary/aromatic N) is 4. The van der Waals surface area contributed by atoms with E-state index < -0.39 is 6.04 Å². The van der Waals surface area contributed by atoms with Crippen LogP contribution in [0.4, 0.5) is 5.82 Å². The Balaban J connectivity index is 1.35. The lowest BCUT2D eigenvalue weighted by Crippen LogP contribution is -2.38. The first-order chi connectivity index (χ1) is 20.6. The van der Waals surface area contributed by atoms with Crippen molar-refractivity contribution in [2.24, 2.45) is 5.73 Å². The molecule has 3 heterocycles. The molecule has 42 heavy (non-hydrogen) atoms. The van der Waals surface area contributed by atoms with Crippen LogP contribution in [0.3, 0.4) is 0 Å². The SMILES string of the molecule is C=C/C(=C\C=C/C)Oc1cccc(CSc2nc(N3CCCC3C(=O)OCc3ccccc3)c3sc(CN)nc3n2)c1. The lowest BCUT2D eigenvalue weighted by atomic mass is 10.2. The molecule has 1 fully saturated rings. The second kappa shape index (κ2) is 14.3. The molecule has 5 rings (SSSR count). The van der Waals surface area contributed by atoms with E-state index in [1.165, 1.54) is 23.1 Å². The quantitative estimate of drug-likeness (QED) is 0.0636. The van der Waals surface area contributed by atoms with Crippen LogP contribution in [0, 0.1) is 0 Å². The molecule has 8 nitrogen and oxygen atoms in total. The Morgan fingerprint density at radius 3 is 2.79 bits per heavy atom. The third-order valence-corrected chi connectivity index (χ3v) is 8.59. The molecule has 2 N–H and O–H groups in total. The van der Waals surface area contributed by atoms with E-state index in [9.17, 15) is 4.79 Å². The Hall–Kier alpha value is -3.99. The summed E-state index contributed by atoms with van der Waals surface area (Å²) in [5.74, 6) is 2.47. The van der Waals surface area contributed by atoms with Crippen LogP contribution in [-0.4, -0.2) is 33.5 Å². The summed E-state index contributed by atoms with van der Waals surface area (Å²) in [6.45, 7) is 7.03. The van der Waals surface area contributed by atoms with Gasteiger partial charge in [0.25, 0.3) is 0 Å². The lowest BCUT2D eigenvalue weighted by Gasteiger charge is -2.24. The van der Waals surface area contributed by atoms with Gasteiger partial charge in [0.05, 0.1) is 0 Å². The van der Waals surface area contributed by atoms with Crippen LogP contribution in [0.1, 0.15) is 35.9 Å². The second-order valence-corrected chi connectivity index (χ2v) is 11.6. The molecule has 216 valence electrons.